The van der Waals surface area contributed by atoms with Crippen LogP contribution in [0, 0.1) is 0 Å². The molecule has 1 atom stereocenters. The van der Waals surface area contributed by atoms with Crippen molar-refractivity contribution >= 4 is 79.6 Å². The summed E-state index contributed by atoms with van der Waals surface area (Å²) in [6.45, 7) is 0. The summed E-state index contributed by atoms with van der Waals surface area (Å²) < 4.78 is 0. The fourth-order valence-electron chi connectivity index (χ4n) is 0.999. The summed E-state index contributed by atoms with van der Waals surface area (Å²) in [6.07, 6.45) is 0.742. The maximum atomic E-state index is 2.50. The first kappa shape index (κ1) is 12.0. The van der Waals surface area contributed by atoms with Gasteiger partial charge in [-0.3, -0.25) is 0 Å². The monoisotopic (exact) mass is 154 g/mol. The first-order chi connectivity index (χ1) is 5.07. The van der Waals surface area contributed by atoms with Crippen LogP contribution >= 0.6 is 9.60 Å². The molecule has 1 unspecified atom stereocenters. The quantitative estimate of drug-likeness (QED) is 0.302. The fraction of sp³-hybridized carbons (Fsp3) is 0. The number of rotatable bonds is 3. The first-order valence-corrected chi connectivity index (χ1v) is 6.08. The molecule has 0 aliphatic carbocycles. The summed E-state index contributed by atoms with van der Waals surface area (Å²) in [6, 6.07) is 4.98. The van der Waals surface area contributed by atoms with Crippen molar-refractivity contribution in [2.45, 2.75) is 0 Å². The Hall–Kier alpha value is 0.999. The minimum atomic E-state index is 0.0908. The van der Waals surface area contributed by atoms with E-state index in [-0.39, 0.29) is 9.60 Å². The van der Waals surface area contributed by atoms with Crippen molar-refractivity contribution in [3.63, 3.8) is 0 Å². The van der Waals surface area contributed by atoms with Crippen LogP contribution in [0.2, 0.25) is 0 Å². The van der Waals surface area contributed by atoms with Crippen LogP contribution in [0.3, 0.4) is 0 Å². The van der Waals surface area contributed by atoms with Gasteiger partial charge in [0.25, 0.3) is 0 Å². The van der Waals surface area contributed by atoms with Crippen LogP contribution < -0.4 is 0 Å². The Bertz CT molecular complexity index is 169. The molecule has 11 heavy (non-hydrogen) atoms. The average Bonchev–Trinajstić information content (AvgIpc) is 1.86. The molecule has 0 saturated carbocycles. The zero-order valence-corrected chi connectivity index (χ0v) is 9.36. The van der Waals surface area contributed by atoms with E-state index in [1.54, 1.807) is 0 Å². The van der Waals surface area contributed by atoms with Crippen LogP contribution in [0.25, 0.3) is 0 Å². The van der Waals surface area contributed by atoms with Crippen molar-refractivity contribution in [1.82, 2.24) is 0 Å². The summed E-state index contributed by atoms with van der Waals surface area (Å²) in [4.78, 5) is 0. The predicted octanol–water partition coefficient (Wildman–Crippen LogP) is -6.37. The molecular weight excluding hydrogens is 140 g/mol. The van der Waals surface area contributed by atoms with Crippen LogP contribution in [0.1, 0.15) is 0 Å². The van der Waals surface area contributed by atoms with Crippen molar-refractivity contribution in [2.75, 3.05) is 0 Å². The second-order valence-electron chi connectivity index (χ2n) is 3.52. The van der Waals surface area contributed by atoms with Crippen molar-refractivity contribution in [1.29, 1.82) is 0 Å². The van der Waals surface area contributed by atoms with Crippen LogP contribution in [-0.4, -0.2) is 70.0 Å². The van der Waals surface area contributed by atoms with Gasteiger partial charge in [-0.25, -0.2) is 0 Å². The van der Waals surface area contributed by atoms with Gasteiger partial charge in [0.15, 0.2) is 0 Å². The van der Waals surface area contributed by atoms with Gasteiger partial charge in [0, 0.05) is 0 Å². The van der Waals surface area contributed by atoms with Gasteiger partial charge in [-0.2, -0.15) is 0 Å². The van der Waals surface area contributed by atoms with Crippen LogP contribution in [0.4, 0.5) is 0 Å². The molecule has 0 N–H and O–H groups in total. The topological polar surface area (TPSA) is 0 Å². The molecule has 0 heterocycles. The molecule has 0 amide bonds. The van der Waals surface area contributed by atoms with Crippen LogP contribution in [0.5, 0.6) is 0 Å². The van der Waals surface area contributed by atoms with Gasteiger partial charge in [0.1, 0.15) is 0 Å². The third-order valence-corrected chi connectivity index (χ3v) is 4.38. The predicted molar refractivity (Wildman–Crippen MR) is 81.9 cm³/mol. The summed E-state index contributed by atoms with van der Waals surface area (Å²) in [5, 5.41) is 0. The number of hydrogen-bond donors (Lipinski definition) is 1. The molecule has 11 heteroatoms. The van der Waals surface area contributed by atoms with Crippen molar-refractivity contribution in [3.8, 4) is 0 Å². The van der Waals surface area contributed by atoms with E-state index in [0.29, 0.717) is 0 Å². The van der Waals surface area contributed by atoms with Crippen molar-refractivity contribution in [2.24, 2.45) is 0 Å². The maximum absolute atomic E-state index is 2.50. The third-order valence-electron chi connectivity index (χ3n) is 1.46. The molecule has 0 nitrogen and oxygen atoms in total. The summed E-state index contributed by atoms with van der Waals surface area (Å²) in [5.41, 5.74) is 0. The van der Waals surface area contributed by atoms with Crippen molar-refractivity contribution < 1.29 is 0 Å². The van der Waals surface area contributed by atoms with Gasteiger partial charge in [0.05, 0.1) is 0 Å². The summed E-state index contributed by atoms with van der Waals surface area (Å²) in [5.74, 6) is 0.826. The van der Waals surface area contributed by atoms with Gasteiger partial charge in [0.2, 0.25) is 0 Å². The van der Waals surface area contributed by atoms with E-state index in [4.69, 9.17) is 0 Å². The second-order valence-corrected chi connectivity index (χ2v) is 6.12. The van der Waals surface area contributed by atoms with Gasteiger partial charge in [-0.15, -0.1) is 0 Å². The molecule has 0 aliphatic heterocycles. The molecule has 0 rings (SSSR count). The van der Waals surface area contributed by atoms with Gasteiger partial charge >= 0.3 is 79.6 Å². The molecule has 0 aromatic heterocycles. The van der Waals surface area contributed by atoms with Crippen LogP contribution in [0.15, 0.2) is 0 Å². The average molecular weight is 152 g/mol. The van der Waals surface area contributed by atoms with Crippen molar-refractivity contribution in [3.05, 3.63) is 0 Å². The molecule has 0 bridgehead atoms. The van der Waals surface area contributed by atoms with E-state index in [9.17, 15) is 0 Å². The molecule has 0 spiro atoms. The third kappa shape index (κ3) is 6.19. The number of thiol groups is 1. The fourth-order valence-corrected chi connectivity index (χ4v) is 3.00. The molecule has 0 aromatic rings. The second kappa shape index (κ2) is 6.51. The van der Waals surface area contributed by atoms with Gasteiger partial charge in [-0.05, 0) is 0 Å². The van der Waals surface area contributed by atoms with Gasteiger partial charge < -0.3 is 0 Å². The van der Waals surface area contributed by atoms with E-state index in [1.807, 2.05) is 0 Å². The Morgan fingerprint density at radius 2 is 1.73 bits per heavy atom. The Labute approximate surface area is 79.8 Å². The Morgan fingerprint density at radius 1 is 1.18 bits per heavy atom. The van der Waals surface area contributed by atoms with E-state index in [2.05, 4.69) is 50.8 Å². The number of hydrogen-bond acceptors (Lipinski definition) is 0. The zero-order chi connectivity index (χ0) is 8.85. The molecule has 0 radical (unpaired) electrons. The molecule has 0 aliphatic rings. The van der Waals surface area contributed by atoms with E-state index >= 15 is 0 Å². The normalized spacial score (nSPS) is 11.3. The van der Waals surface area contributed by atoms with E-state index < -0.39 is 0 Å². The Balaban J connectivity index is 4.47. The van der Waals surface area contributed by atoms with E-state index in [1.165, 1.54) is 7.06 Å². The molecule has 0 aromatic carbocycles. The van der Waals surface area contributed by atoms with Gasteiger partial charge in [-0.1, -0.05) is 0 Å². The molecular formula is H12B10S. The first-order valence-electron chi connectivity index (χ1n) is 4.53. The summed E-state index contributed by atoms with van der Waals surface area (Å²) in [7, 11) is 12.7. The zero-order valence-electron chi connectivity index (χ0n) is 8.46. The standard InChI is InChI=1S/B10H12S/c1-6-7-11(10(4)5)8-9(2)3/h6,11H,1-5H2. The summed E-state index contributed by atoms with van der Waals surface area (Å²) >= 11 is 0. The van der Waals surface area contributed by atoms with Crippen LogP contribution in [-0.2, 0) is 0 Å². The molecule has 0 saturated heterocycles. The molecule has 48 valence electrons. The Morgan fingerprint density at radius 3 is 2.00 bits per heavy atom. The SMILES string of the molecule is BB/B=[SH](=B\B(B)B)\B(B)B. The minimum absolute atomic E-state index is 0.0908. The Kier molecular flexibility index (Phi) is 7.10. The molecule has 0 fully saturated rings. The van der Waals surface area contributed by atoms with E-state index in [0.717, 1.165) is 12.2 Å².